The molecule has 0 radical (unpaired) electrons. The van der Waals surface area contributed by atoms with Crippen LogP contribution in [-0.2, 0) is 13.1 Å². The third-order valence-electron chi connectivity index (χ3n) is 2.70. The molecule has 0 aromatic heterocycles. The van der Waals surface area contributed by atoms with Crippen molar-refractivity contribution in [1.82, 2.24) is 5.32 Å². The molecule has 0 aliphatic carbocycles. The van der Waals surface area contributed by atoms with Crippen molar-refractivity contribution in [3.8, 4) is 0 Å². The molecular formula is C15H15Cl2N. The molecule has 0 aliphatic heterocycles. The number of aryl methyl sites for hydroxylation is 1. The van der Waals surface area contributed by atoms with Crippen molar-refractivity contribution in [3.05, 3.63) is 69.2 Å². The minimum Gasteiger partial charge on any atom is -0.309 e. The summed E-state index contributed by atoms with van der Waals surface area (Å²) >= 11 is 11.9. The van der Waals surface area contributed by atoms with Gasteiger partial charge in [0.1, 0.15) is 0 Å². The predicted octanol–water partition coefficient (Wildman–Crippen LogP) is 4.59. The highest BCUT2D eigenvalue weighted by atomic mass is 35.5. The fourth-order valence-electron chi connectivity index (χ4n) is 1.77. The standard InChI is InChI=1S/C15H15Cl2N/c1-11-2-4-12(5-3-11)9-18-10-13-6-14(16)8-15(17)7-13/h2-8,18H,9-10H2,1H3. The lowest BCUT2D eigenvalue weighted by atomic mass is 10.1. The Kier molecular flexibility index (Phi) is 4.65. The Morgan fingerprint density at radius 2 is 1.39 bits per heavy atom. The van der Waals surface area contributed by atoms with Crippen molar-refractivity contribution in [2.24, 2.45) is 0 Å². The van der Waals surface area contributed by atoms with Crippen molar-refractivity contribution in [1.29, 1.82) is 0 Å². The number of rotatable bonds is 4. The van der Waals surface area contributed by atoms with Crippen LogP contribution >= 0.6 is 23.2 Å². The lowest BCUT2D eigenvalue weighted by molar-refractivity contribution is 0.693. The Hall–Kier alpha value is -1.02. The molecule has 1 nitrogen and oxygen atoms in total. The van der Waals surface area contributed by atoms with Gasteiger partial charge < -0.3 is 5.32 Å². The Balaban J connectivity index is 1.90. The number of hydrogen-bond acceptors (Lipinski definition) is 1. The summed E-state index contributed by atoms with van der Waals surface area (Å²) in [5, 5.41) is 4.73. The van der Waals surface area contributed by atoms with E-state index < -0.39 is 0 Å². The van der Waals surface area contributed by atoms with Crippen LogP contribution in [0.25, 0.3) is 0 Å². The fourth-order valence-corrected chi connectivity index (χ4v) is 2.34. The second-order valence-electron chi connectivity index (χ2n) is 4.37. The van der Waals surface area contributed by atoms with E-state index in [1.807, 2.05) is 12.1 Å². The first-order valence-corrected chi connectivity index (χ1v) is 6.60. The minimum absolute atomic E-state index is 0.676. The summed E-state index contributed by atoms with van der Waals surface area (Å²) in [6.45, 7) is 3.68. The number of halogens is 2. The van der Waals surface area contributed by atoms with Gasteiger partial charge in [0.2, 0.25) is 0 Å². The SMILES string of the molecule is Cc1ccc(CNCc2cc(Cl)cc(Cl)c2)cc1. The molecule has 1 N–H and O–H groups in total. The Morgan fingerprint density at radius 3 is 2.00 bits per heavy atom. The van der Waals surface area contributed by atoms with Gasteiger partial charge in [0, 0.05) is 23.1 Å². The quantitative estimate of drug-likeness (QED) is 0.863. The fraction of sp³-hybridized carbons (Fsp3) is 0.200. The molecule has 0 aliphatic rings. The van der Waals surface area contributed by atoms with E-state index in [0.29, 0.717) is 10.0 Å². The molecule has 0 heterocycles. The first kappa shape index (κ1) is 13.4. The molecule has 3 heteroatoms. The van der Waals surface area contributed by atoms with Crippen LogP contribution in [0.15, 0.2) is 42.5 Å². The second kappa shape index (κ2) is 6.24. The van der Waals surface area contributed by atoms with E-state index in [9.17, 15) is 0 Å². The van der Waals surface area contributed by atoms with Crippen molar-refractivity contribution in [2.45, 2.75) is 20.0 Å². The Labute approximate surface area is 118 Å². The summed E-state index contributed by atoms with van der Waals surface area (Å²) in [6.07, 6.45) is 0. The van der Waals surface area contributed by atoms with Crippen LogP contribution in [0.4, 0.5) is 0 Å². The molecule has 18 heavy (non-hydrogen) atoms. The van der Waals surface area contributed by atoms with E-state index in [1.165, 1.54) is 11.1 Å². The van der Waals surface area contributed by atoms with Gasteiger partial charge in [-0.25, -0.2) is 0 Å². The van der Waals surface area contributed by atoms with Gasteiger partial charge in [-0.2, -0.15) is 0 Å². The molecule has 0 amide bonds. The highest BCUT2D eigenvalue weighted by Gasteiger charge is 1.98. The molecule has 0 bridgehead atoms. The largest absolute Gasteiger partial charge is 0.309 e. The molecule has 0 saturated carbocycles. The normalized spacial score (nSPS) is 10.6. The summed E-state index contributed by atoms with van der Waals surface area (Å²) in [7, 11) is 0. The average Bonchev–Trinajstić information content (AvgIpc) is 2.30. The predicted molar refractivity (Wildman–Crippen MR) is 78.2 cm³/mol. The maximum absolute atomic E-state index is 5.95. The highest BCUT2D eigenvalue weighted by molar-refractivity contribution is 6.34. The van der Waals surface area contributed by atoms with Crippen LogP contribution in [0.3, 0.4) is 0 Å². The van der Waals surface area contributed by atoms with Gasteiger partial charge in [-0.05, 0) is 36.2 Å². The zero-order valence-corrected chi connectivity index (χ0v) is 11.7. The first-order chi connectivity index (χ1) is 8.63. The Bertz CT molecular complexity index is 500. The van der Waals surface area contributed by atoms with Crippen LogP contribution in [-0.4, -0.2) is 0 Å². The molecule has 0 unspecified atom stereocenters. The lowest BCUT2D eigenvalue weighted by Crippen LogP contribution is -2.12. The molecule has 0 spiro atoms. The first-order valence-electron chi connectivity index (χ1n) is 5.85. The van der Waals surface area contributed by atoms with E-state index in [1.54, 1.807) is 6.07 Å². The van der Waals surface area contributed by atoms with Crippen LogP contribution in [0.5, 0.6) is 0 Å². The highest BCUT2D eigenvalue weighted by Crippen LogP contribution is 2.18. The summed E-state index contributed by atoms with van der Waals surface area (Å²) in [5.41, 5.74) is 3.65. The van der Waals surface area contributed by atoms with Gasteiger partial charge in [0.15, 0.2) is 0 Å². The monoisotopic (exact) mass is 279 g/mol. The lowest BCUT2D eigenvalue weighted by Gasteiger charge is -2.06. The van der Waals surface area contributed by atoms with E-state index >= 15 is 0 Å². The van der Waals surface area contributed by atoms with Crippen molar-refractivity contribution in [3.63, 3.8) is 0 Å². The van der Waals surface area contributed by atoms with Gasteiger partial charge in [0.05, 0.1) is 0 Å². The summed E-state index contributed by atoms with van der Waals surface area (Å²) < 4.78 is 0. The summed E-state index contributed by atoms with van der Waals surface area (Å²) in [5.74, 6) is 0. The number of nitrogens with one attached hydrogen (secondary N) is 1. The van der Waals surface area contributed by atoms with E-state index in [4.69, 9.17) is 23.2 Å². The maximum Gasteiger partial charge on any atom is 0.0424 e. The maximum atomic E-state index is 5.95. The third kappa shape index (κ3) is 4.02. The smallest absolute Gasteiger partial charge is 0.0424 e. The van der Waals surface area contributed by atoms with Crippen LogP contribution in [0, 0.1) is 6.92 Å². The van der Waals surface area contributed by atoms with Gasteiger partial charge in [-0.15, -0.1) is 0 Å². The molecule has 94 valence electrons. The Morgan fingerprint density at radius 1 is 0.833 bits per heavy atom. The van der Waals surface area contributed by atoms with E-state index in [0.717, 1.165) is 18.7 Å². The van der Waals surface area contributed by atoms with E-state index in [2.05, 4.69) is 36.5 Å². The van der Waals surface area contributed by atoms with Gasteiger partial charge in [0.25, 0.3) is 0 Å². The third-order valence-corrected chi connectivity index (χ3v) is 3.14. The molecular weight excluding hydrogens is 265 g/mol. The van der Waals surface area contributed by atoms with Crippen molar-refractivity contribution in [2.75, 3.05) is 0 Å². The summed E-state index contributed by atoms with van der Waals surface area (Å²) in [4.78, 5) is 0. The molecule has 0 saturated heterocycles. The van der Waals surface area contributed by atoms with Gasteiger partial charge in [-0.3, -0.25) is 0 Å². The molecule has 2 aromatic rings. The van der Waals surface area contributed by atoms with Gasteiger partial charge in [-0.1, -0.05) is 53.0 Å². The average molecular weight is 280 g/mol. The van der Waals surface area contributed by atoms with Crippen LogP contribution in [0.2, 0.25) is 10.0 Å². The minimum atomic E-state index is 0.676. The van der Waals surface area contributed by atoms with Crippen molar-refractivity contribution >= 4 is 23.2 Å². The summed E-state index contributed by atoms with van der Waals surface area (Å²) in [6, 6.07) is 14.1. The van der Waals surface area contributed by atoms with Crippen LogP contribution in [0.1, 0.15) is 16.7 Å². The van der Waals surface area contributed by atoms with Crippen LogP contribution < -0.4 is 5.32 Å². The molecule has 0 fully saturated rings. The van der Waals surface area contributed by atoms with Crippen molar-refractivity contribution < 1.29 is 0 Å². The second-order valence-corrected chi connectivity index (χ2v) is 5.24. The zero-order chi connectivity index (χ0) is 13.0. The van der Waals surface area contributed by atoms with Gasteiger partial charge >= 0.3 is 0 Å². The molecule has 2 rings (SSSR count). The topological polar surface area (TPSA) is 12.0 Å². The molecule has 0 atom stereocenters. The number of benzene rings is 2. The zero-order valence-electron chi connectivity index (χ0n) is 10.2. The number of hydrogen-bond donors (Lipinski definition) is 1. The molecule has 2 aromatic carbocycles. The van der Waals surface area contributed by atoms with E-state index in [-0.39, 0.29) is 0 Å².